The van der Waals surface area contributed by atoms with Crippen LogP contribution in [-0.2, 0) is 10.1 Å². The van der Waals surface area contributed by atoms with Crippen molar-refractivity contribution in [3.8, 4) is 0 Å². The number of unbranched alkanes of at least 4 members (excludes halogenated alkanes) is 13. The molecule has 0 bridgehead atoms. The van der Waals surface area contributed by atoms with Gasteiger partial charge in [-0.25, -0.2) is 0 Å². The summed E-state index contributed by atoms with van der Waals surface area (Å²) in [6.07, 6.45) is 18.3. The molecule has 0 aliphatic heterocycles. The highest BCUT2D eigenvalue weighted by Gasteiger charge is 2.25. The van der Waals surface area contributed by atoms with Crippen LogP contribution in [-0.4, -0.2) is 29.4 Å². The van der Waals surface area contributed by atoms with Gasteiger partial charge in [0.15, 0.2) is 0 Å². The lowest BCUT2D eigenvalue weighted by Crippen LogP contribution is -2.26. The SMILES string of the molecule is CCCCCCCCCCCCCC(CC(O)CCCCCC)S(=O)(=O)O. The van der Waals surface area contributed by atoms with E-state index in [2.05, 4.69) is 13.8 Å². The number of hydrogen-bond acceptors (Lipinski definition) is 3. The second-order valence-corrected chi connectivity index (χ2v) is 9.90. The van der Waals surface area contributed by atoms with Crippen LogP contribution in [0.1, 0.15) is 129 Å². The van der Waals surface area contributed by atoms with Gasteiger partial charge in [0.05, 0.1) is 11.4 Å². The summed E-state index contributed by atoms with van der Waals surface area (Å²) in [5.41, 5.74) is 0. The molecule has 0 amide bonds. The van der Waals surface area contributed by atoms with Crippen LogP contribution in [0.25, 0.3) is 0 Å². The van der Waals surface area contributed by atoms with Crippen LogP contribution in [0, 0.1) is 0 Å². The molecule has 0 heterocycles. The topological polar surface area (TPSA) is 74.6 Å². The largest absolute Gasteiger partial charge is 0.393 e. The van der Waals surface area contributed by atoms with E-state index in [9.17, 15) is 18.1 Å². The van der Waals surface area contributed by atoms with Crippen LogP contribution in [0.3, 0.4) is 0 Å². The van der Waals surface area contributed by atoms with Crippen LogP contribution in [0.15, 0.2) is 0 Å². The van der Waals surface area contributed by atoms with Gasteiger partial charge in [-0.2, -0.15) is 8.42 Å². The molecule has 0 aromatic carbocycles. The van der Waals surface area contributed by atoms with Gasteiger partial charge in [0.25, 0.3) is 10.1 Å². The van der Waals surface area contributed by atoms with E-state index in [1.165, 1.54) is 51.4 Å². The van der Waals surface area contributed by atoms with Crippen molar-refractivity contribution in [1.82, 2.24) is 0 Å². The van der Waals surface area contributed by atoms with Gasteiger partial charge in [0, 0.05) is 0 Å². The van der Waals surface area contributed by atoms with Gasteiger partial charge in [0.1, 0.15) is 0 Å². The first-order valence-corrected chi connectivity index (χ1v) is 13.1. The average Bonchev–Trinajstić information content (AvgIpc) is 2.61. The molecule has 0 saturated heterocycles. The highest BCUT2D eigenvalue weighted by atomic mass is 32.2. The Morgan fingerprint density at radius 1 is 0.630 bits per heavy atom. The number of rotatable bonds is 20. The van der Waals surface area contributed by atoms with E-state index in [-0.39, 0.29) is 6.42 Å². The Labute approximate surface area is 169 Å². The van der Waals surface area contributed by atoms with Gasteiger partial charge < -0.3 is 5.11 Å². The smallest absolute Gasteiger partial charge is 0.267 e. The Morgan fingerprint density at radius 3 is 1.44 bits per heavy atom. The van der Waals surface area contributed by atoms with Crippen molar-refractivity contribution in [2.45, 2.75) is 141 Å². The van der Waals surface area contributed by atoms with E-state index in [1.54, 1.807) is 0 Å². The van der Waals surface area contributed by atoms with Gasteiger partial charge in [0.2, 0.25) is 0 Å². The average molecular weight is 407 g/mol. The van der Waals surface area contributed by atoms with Gasteiger partial charge in [-0.05, 0) is 19.3 Å². The van der Waals surface area contributed by atoms with E-state index in [4.69, 9.17) is 0 Å². The molecule has 0 rings (SSSR count). The number of aliphatic hydroxyl groups is 1. The van der Waals surface area contributed by atoms with Crippen molar-refractivity contribution in [2.75, 3.05) is 0 Å². The normalized spacial score (nSPS) is 14.4. The summed E-state index contributed by atoms with van der Waals surface area (Å²) in [6, 6.07) is 0. The third-order valence-corrected chi connectivity index (χ3v) is 6.75. The molecule has 2 N–H and O–H groups in total. The Hall–Kier alpha value is -0.130. The fourth-order valence-corrected chi connectivity index (χ4v) is 4.58. The molecule has 0 spiro atoms. The predicted molar refractivity (Wildman–Crippen MR) is 116 cm³/mol. The zero-order valence-electron chi connectivity index (χ0n) is 18.0. The van der Waals surface area contributed by atoms with E-state index < -0.39 is 21.5 Å². The van der Waals surface area contributed by atoms with Crippen molar-refractivity contribution < 1.29 is 18.1 Å². The highest BCUT2D eigenvalue weighted by Crippen LogP contribution is 2.20. The minimum absolute atomic E-state index is 0.169. The van der Waals surface area contributed by atoms with Gasteiger partial charge in [-0.1, -0.05) is 110 Å². The summed E-state index contributed by atoms with van der Waals surface area (Å²) in [7, 11) is -4.07. The van der Waals surface area contributed by atoms with Crippen LogP contribution in [0.2, 0.25) is 0 Å². The number of aliphatic hydroxyl groups excluding tert-OH is 1. The van der Waals surface area contributed by atoms with E-state index >= 15 is 0 Å². The fraction of sp³-hybridized carbons (Fsp3) is 1.00. The molecule has 164 valence electrons. The minimum atomic E-state index is -4.07. The van der Waals surface area contributed by atoms with Gasteiger partial charge >= 0.3 is 0 Å². The molecular weight excluding hydrogens is 360 g/mol. The van der Waals surface area contributed by atoms with Crippen LogP contribution < -0.4 is 0 Å². The molecule has 0 aromatic heterocycles. The lowest BCUT2D eigenvalue weighted by molar-refractivity contribution is 0.147. The minimum Gasteiger partial charge on any atom is -0.393 e. The molecular formula is C22H46O4S. The molecule has 2 unspecified atom stereocenters. The Morgan fingerprint density at radius 2 is 1.00 bits per heavy atom. The number of hydrogen-bond donors (Lipinski definition) is 2. The van der Waals surface area contributed by atoms with Gasteiger partial charge in [-0.15, -0.1) is 0 Å². The van der Waals surface area contributed by atoms with Crippen molar-refractivity contribution >= 4 is 10.1 Å². The third-order valence-electron chi connectivity index (χ3n) is 5.48. The summed E-state index contributed by atoms with van der Waals surface area (Å²) >= 11 is 0. The van der Waals surface area contributed by atoms with Gasteiger partial charge in [-0.3, -0.25) is 4.55 Å². The van der Waals surface area contributed by atoms with Crippen molar-refractivity contribution in [1.29, 1.82) is 0 Å². The standard InChI is InChI=1S/C22H46O4S/c1-3-5-7-9-10-11-12-13-14-15-17-19-22(27(24,25)26)20-21(23)18-16-8-6-4-2/h21-23H,3-20H2,1-2H3,(H,24,25,26). The van der Waals surface area contributed by atoms with E-state index in [1.807, 2.05) is 0 Å². The summed E-state index contributed by atoms with van der Waals surface area (Å²) in [5, 5.41) is 9.28. The summed E-state index contributed by atoms with van der Waals surface area (Å²) in [6.45, 7) is 4.37. The first-order valence-electron chi connectivity index (χ1n) is 11.6. The molecule has 0 aliphatic carbocycles. The van der Waals surface area contributed by atoms with E-state index in [0.717, 1.165) is 44.9 Å². The van der Waals surface area contributed by atoms with Crippen LogP contribution in [0.4, 0.5) is 0 Å². The van der Waals surface area contributed by atoms with Crippen molar-refractivity contribution in [3.63, 3.8) is 0 Å². The Balaban J connectivity index is 3.80. The quantitative estimate of drug-likeness (QED) is 0.175. The van der Waals surface area contributed by atoms with E-state index in [0.29, 0.717) is 12.8 Å². The first-order chi connectivity index (χ1) is 12.9. The maximum Gasteiger partial charge on any atom is 0.267 e. The fourth-order valence-electron chi connectivity index (χ4n) is 3.65. The zero-order chi connectivity index (χ0) is 20.4. The lowest BCUT2D eigenvalue weighted by atomic mass is 10.0. The van der Waals surface area contributed by atoms with Crippen LogP contribution >= 0.6 is 0 Å². The van der Waals surface area contributed by atoms with Crippen molar-refractivity contribution in [3.05, 3.63) is 0 Å². The molecule has 5 heteroatoms. The molecule has 0 fully saturated rings. The summed E-state index contributed by atoms with van der Waals surface area (Å²) in [4.78, 5) is 0. The molecule has 0 aliphatic rings. The zero-order valence-corrected chi connectivity index (χ0v) is 18.8. The lowest BCUT2D eigenvalue weighted by Gasteiger charge is -2.18. The van der Waals surface area contributed by atoms with Crippen molar-refractivity contribution in [2.24, 2.45) is 0 Å². The second-order valence-electron chi connectivity index (χ2n) is 8.20. The molecule has 0 aromatic rings. The monoisotopic (exact) mass is 406 g/mol. The molecule has 0 radical (unpaired) electrons. The molecule has 2 atom stereocenters. The molecule has 27 heavy (non-hydrogen) atoms. The Kier molecular flexibility index (Phi) is 17.8. The highest BCUT2D eigenvalue weighted by molar-refractivity contribution is 7.86. The third kappa shape index (κ3) is 17.7. The van der Waals surface area contributed by atoms with Crippen LogP contribution in [0.5, 0.6) is 0 Å². The maximum absolute atomic E-state index is 11.6. The summed E-state index contributed by atoms with van der Waals surface area (Å²) in [5.74, 6) is 0. The molecule has 0 saturated carbocycles. The summed E-state index contributed by atoms with van der Waals surface area (Å²) < 4.78 is 32.7. The Bertz CT molecular complexity index is 409. The second kappa shape index (κ2) is 17.9. The maximum atomic E-state index is 11.6. The molecule has 4 nitrogen and oxygen atoms in total. The first kappa shape index (κ1) is 26.9. The predicted octanol–water partition coefficient (Wildman–Crippen LogP) is 6.67.